The average Bonchev–Trinajstić information content (AvgIpc) is 2.92. The number of hydrogen-bond acceptors (Lipinski definition) is 3. The van der Waals surface area contributed by atoms with Crippen molar-refractivity contribution in [1.29, 1.82) is 0 Å². The van der Waals surface area contributed by atoms with Crippen LogP contribution >= 0.6 is 11.6 Å². The molecule has 6 heteroatoms. The summed E-state index contributed by atoms with van der Waals surface area (Å²) in [5, 5.41) is 5.13. The van der Waals surface area contributed by atoms with Crippen LogP contribution in [0.2, 0.25) is 0 Å². The Morgan fingerprint density at radius 2 is 1.75 bits per heavy atom. The zero-order valence-electron chi connectivity index (χ0n) is 20.9. The average molecular weight is 508 g/mol. The van der Waals surface area contributed by atoms with Gasteiger partial charge in [0.05, 0.1) is 26.7 Å². The van der Waals surface area contributed by atoms with Crippen LogP contribution in [0, 0.1) is 0 Å². The van der Waals surface area contributed by atoms with Gasteiger partial charge in [0.25, 0.3) is 0 Å². The molecule has 1 aliphatic rings. The lowest BCUT2D eigenvalue weighted by Crippen LogP contribution is -2.63. The van der Waals surface area contributed by atoms with Crippen LogP contribution < -0.4 is 9.47 Å². The van der Waals surface area contributed by atoms with Gasteiger partial charge < -0.3 is 14.0 Å². The highest BCUT2D eigenvalue weighted by atomic mass is 35.5. The van der Waals surface area contributed by atoms with Crippen LogP contribution in [0.25, 0.3) is 21.5 Å². The number of nitrogens with zero attached hydrogens (tertiary/aromatic N) is 2. The van der Waals surface area contributed by atoms with Gasteiger partial charge in [0, 0.05) is 10.9 Å². The first-order valence-corrected chi connectivity index (χ1v) is 13.2. The topological polar surface area (TPSA) is 21.7 Å². The van der Waals surface area contributed by atoms with Crippen LogP contribution in [-0.2, 0) is 0 Å². The molecule has 0 saturated carbocycles. The molecule has 0 amide bonds. The predicted molar refractivity (Wildman–Crippen MR) is 145 cm³/mol. The number of benzene rings is 4. The molecule has 188 valence electrons. The maximum Gasteiger partial charge on any atom is 0.155 e. The Bertz CT molecular complexity index is 1340. The van der Waals surface area contributed by atoms with Gasteiger partial charge in [-0.25, -0.2) is 0 Å². The van der Waals surface area contributed by atoms with Gasteiger partial charge >= 0.3 is 0 Å². The molecule has 0 N–H and O–H groups in total. The first kappa shape index (κ1) is 24.8. The number of quaternary nitrogens is 1. The normalized spacial score (nSPS) is 21.5. The van der Waals surface area contributed by atoms with E-state index in [-0.39, 0.29) is 0 Å². The second-order valence-corrected chi connectivity index (χ2v) is 9.97. The van der Waals surface area contributed by atoms with E-state index in [1.54, 1.807) is 7.11 Å². The maximum absolute atomic E-state index is 15.7. The van der Waals surface area contributed by atoms with E-state index in [4.69, 9.17) is 21.1 Å². The van der Waals surface area contributed by atoms with Gasteiger partial charge in [0.1, 0.15) is 30.2 Å². The predicted octanol–water partition coefficient (Wildman–Crippen LogP) is 7.11. The summed E-state index contributed by atoms with van der Waals surface area (Å²) in [6.07, 6.45) is 0.463. The summed E-state index contributed by atoms with van der Waals surface area (Å²) < 4.78 is 28.7. The van der Waals surface area contributed by atoms with E-state index in [2.05, 4.69) is 31.2 Å². The van der Waals surface area contributed by atoms with Gasteiger partial charge in [-0.15, -0.1) is 9.60 Å². The number of halogens is 2. The zero-order chi connectivity index (χ0) is 25.1. The Hall–Kier alpha value is -2.86. The molecule has 0 bridgehead atoms. The highest BCUT2D eigenvalue weighted by Gasteiger charge is 2.44. The quantitative estimate of drug-likeness (QED) is 0.110. The summed E-state index contributed by atoms with van der Waals surface area (Å²) in [6.45, 7) is 4.67. The minimum absolute atomic E-state index is 0.325. The van der Waals surface area contributed by atoms with Crippen molar-refractivity contribution in [2.45, 2.75) is 25.5 Å². The van der Waals surface area contributed by atoms with Crippen molar-refractivity contribution >= 4 is 33.1 Å². The molecule has 4 aromatic rings. The summed E-state index contributed by atoms with van der Waals surface area (Å²) in [6, 6.07) is 26.3. The summed E-state index contributed by atoms with van der Waals surface area (Å²) in [4.78, 5) is 0. The number of hydrogen-bond donors (Lipinski definition) is 0. The monoisotopic (exact) mass is 507 g/mol. The lowest BCUT2D eigenvalue weighted by molar-refractivity contribution is -0.926. The molecule has 1 heterocycles. The largest absolute Gasteiger partial charge is 0.497 e. The number of alkyl halides is 1. The number of ether oxygens (including phenoxy) is 2. The van der Waals surface area contributed by atoms with Crippen molar-refractivity contribution < 1.29 is 18.4 Å². The van der Waals surface area contributed by atoms with Gasteiger partial charge in [-0.05, 0) is 40.8 Å². The van der Waals surface area contributed by atoms with Crippen LogP contribution in [0.3, 0.4) is 0 Å². The third kappa shape index (κ3) is 4.75. The minimum Gasteiger partial charge on any atom is -0.497 e. The molecule has 1 fully saturated rings. The molecule has 0 aromatic heterocycles. The molecular formula is C30H33ClFN2O2+. The summed E-state index contributed by atoms with van der Waals surface area (Å²) in [5.74, 6) is 1.47. The van der Waals surface area contributed by atoms with Crippen molar-refractivity contribution in [3.63, 3.8) is 0 Å². The van der Waals surface area contributed by atoms with Crippen LogP contribution in [-0.4, -0.2) is 54.9 Å². The van der Waals surface area contributed by atoms with Gasteiger partial charge in [0.2, 0.25) is 0 Å². The summed E-state index contributed by atoms with van der Waals surface area (Å²) in [7, 11) is 1.66. The second-order valence-electron chi connectivity index (χ2n) is 9.73. The molecule has 36 heavy (non-hydrogen) atoms. The molecular weight excluding hydrogens is 475 g/mol. The fraction of sp³-hybridized carbons (Fsp3) is 0.333. The fourth-order valence-corrected chi connectivity index (χ4v) is 5.91. The van der Waals surface area contributed by atoms with E-state index in [0.29, 0.717) is 35.9 Å². The molecule has 0 radical (unpaired) electrons. The third-order valence-electron chi connectivity index (χ3n) is 7.46. The van der Waals surface area contributed by atoms with Crippen molar-refractivity contribution in [2.24, 2.45) is 0 Å². The lowest BCUT2D eigenvalue weighted by atomic mass is 9.93. The van der Waals surface area contributed by atoms with Gasteiger partial charge in [0.15, 0.2) is 6.00 Å². The molecule has 4 nitrogen and oxygen atoms in total. The van der Waals surface area contributed by atoms with E-state index in [0.717, 1.165) is 50.9 Å². The van der Waals surface area contributed by atoms with Crippen LogP contribution in [0.1, 0.15) is 25.0 Å². The van der Waals surface area contributed by atoms with Gasteiger partial charge in [-0.1, -0.05) is 79.2 Å². The molecule has 0 aliphatic carbocycles. The lowest BCUT2D eigenvalue weighted by Gasteiger charge is -2.46. The number of rotatable bonds is 8. The number of fused-ring (bicyclic) bond motifs is 2. The standard InChI is InChI=1S/C30H33ClFN2O2/c1-3-17-34(21-31)18-16-33(32)28(20-34)30(26-12-6-9-22-8-4-5-11-25(22)26)36-29-13-7-10-23-14-15-24(35-2)19-27(23)29/h4-15,19,28,30H,3,16-18,20-21H2,1-2H3/q+1/t28?,30-,34?/m1/s1. The Balaban J connectivity index is 1.65. The van der Waals surface area contributed by atoms with E-state index in [1.807, 2.05) is 54.6 Å². The van der Waals surface area contributed by atoms with Crippen LogP contribution in [0.15, 0.2) is 78.9 Å². The molecule has 0 spiro atoms. The van der Waals surface area contributed by atoms with Crippen molar-refractivity contribution in [2.75, 3.05) is 39.3 Å². The van der Waals surface area contributed by atoms with E-state index in [9.17, 15) is 0 Å². The second kappa shape index (κ2) is 10.6. The Kier molecular flexibility index (Phi) is 7.33. The Morgan fingerprint density at radius 1 is 1.00 bits per heavy atom. The van der Waals surface area contributed by atoms with E-state index < -0.39 is 12.1 Å². The fourth-order valence-electron chi connectivity index (χ4n) is 5.58. The highest BCUT2D eigenvalue weighted by Crippen LogP contribution is 2.38. The van der Waals surface area contributed by atoms with Gasteiger partial charge in [-0.3, -0.25) is 0 Å². The first-order chi connectivity index (χ1) is 17.6. The molecule has 2 unspecified atom stereocenters. The van der Waals surface area contributed by atoms with E-state index >= 15 is 4.48 Å². The number of methoxy groups -OCH3 is 1. The Morgan fingerprint density at radius 3 is 2.53 bits per heavy atom. The molecule has 1 saturated heterocycles. The maximum atomic E-state index is 15.7. The Labute approximate surface area is 217 Å². The molecule has 1 aliphatic heterocycles. The highest BCUT2D eigenvalue weighted by molar-refractivity contribution is 6.17. The smallest absolute Gasteiger partial charge is 0.155 e. The molecule has 3 atom stereocenters. The minimum atomic E-state index is -0.532. The van der Waals surface area contributed by atoms with Crippen molar-refractivity contribution in [1.82, 2.24) is 5.12 Å². The number of piperazine rings is 1. The van der Waals surface area contributed by atoms with Crippen molar-refractivity contribution in [3.8, 4) is 11.5 Å². The first-order valence-electron chi connectivity index (χ1n) is 12.6. The molecule has 5 rings (SSSR count). The van der Waals surface area contributed by atoms with Gasteiger partial charge in [-0.2, -0.15) is 0 Å². The molecule has 4 aromatic carbocycles. The summed E-state index contributed by atoms with van der Waals surface area (Å²) >= 11 is 6.52. The zero-order valence-corrected chi connectivity index (χ0v) is 21.6. The summed E-state index contributed by atoms with van der Waals surface area (Å²) in [5.41, 5.74) is 0.978. The van der Waals surface area contributed by atoms with E-state index in [1.165, 1.54) is 0 Å². The van der Waals surface area contributed by atoms with Crippen LogP contribution in [0.5, 0.6) is 11.5 Å². The third-order valence-corrected chi connectivity index (χ3v) is 7.96. The van der Waals surface area contributed by atoms with Crippen LogP contribution in [0.4, 0.5) is 4.48 Å². The van der Waals surface area contributed by atoms with Crippen molar-refractivity contribution in [3.05, 3.63) is 84.4 Å². The SMILES string of the molecule is CCC[N+]1(CCl)CCN(F)C([C@H](Oc2cccc3ccc(OC)cc23)c2cccc3ccccc23)C1.